The van der Waals surface area contributed by atoms with Crippen LogP contribution >= 0.6 is 0 Å². The van der Waals surface area contributed by atoms with E-state index in [4.69, 9.17) is 0 Å². The summed E-state index contributed by atoms with van der Waals surface area (Å²) >= 11 is 0. The van der Waals surface area contributed by atoms with Crippen LogP contribution in [0.4, 0.5) is 13.2 Å². The van der Waals surface area contributed by atoms with Crippen LogP contribution in [0, 0.1) is 6.92 Å². The number of aryl methyl sites for hydroxylation is 1. The lowest BCUT2D eigenvalue weighted by molar-refractivity contribution is -0.141. The van der Waals surface area contributed by atoms with Crippen LogP contribution < -0.4 is 5.32 Å². The van der Waals surface area contributed by atoms with Crippen LogP contribution in [0.15, 0.2) is 48.5 Å². The predicted molar refractivity (Wildman–Crippen MR) is 89.6 cm³/mol. The van der Waals surface area contributed by atoms with Crippen molar-refractivity contribution < 1.29 is 27.9 Å². The molecule has 0 aromatic heterocycles. The molecule has 0 saturated carbocycles. The number of carbonyl (C=O) groups is 2. The second-order valence-corrected chi connectivity index (χ2v) is 5.96. The van der Waals surface area contributed by atoms with E-state index in [2.05, 4.69) is 5.32 Å². The van der Waals surface area contributed by atoms with Crippen molar-refractivity contribution in [3.63, 3.8) is 0 Å². The number of alkyl halides is 3. The number of halogens is 3. The van der Waals surface area contributed by atoms with Crippen LogP contribution in [0.2, 0.25) is 0 Å². The number of amides is 1. The molecule has 1 atom stereocenters. The lowest BCUT2D eigenvalue weighted by atomic mass is 10.0. The van der Waals surface area contributed by atoms with Gasteiger partial charge < -0.3 is 10.4 Å². The van der Waals surface area contributed by atoms with Crippen LogP contribution in [0.25, 0.3) is 0 Å². The fourth-order valence-electron chi connectivity index (χ4n) is 2.50. The van der Waals surface area contributed by atoms with Crippen molar-refractivity contribution in [2.24, 2.45) is 0 Å². The zero-order chi connectivity index (χ0) is 19.3. The standard InChI is InChI=1S/C19H18F3NO3/c1-12-4-2-3-5-14(12)11-16(18(25)26)23-17(24)10-13-6-8-15(9-7-13)19(20,21)22/h2-9,16H,10-11H2,1H3,(H,23,24)(H,25,26)/t16-/m0/s1. The van der Waals surface area contributed by atoms with Gasteiger partial charge in [0.1, 0.15) is 6.04 Å². The third-order valence-electron chi connectivity index (χ3n) is 3.96. The first-order valence-electron chi connectivity index (χ1n) is 7.89. The minimum Gasteiger partial charge on any atom is -0.480 e. The monoisotopic (exact) mass is 365 g/mol. The predicted octanol–water partition coefficient (Wildman–Crippen LogP) is 3.37. The molecule has 0 radical (unpaired) electrons. The second-order valence-electron chi connectivity index (χ2n) is 5.96. The molecule has 0 aliphatic carbocycles. The van der Waals surface area contributed by atoms with E-state index in [1.54, 1.807) is 12.1 Å². The molecule has 26 heavy (non-hydrogen) atoms. The molecule has 2 aromatic carbocycles. The molecule has 0 saturated heterocycles. The van der Waals surface area contributed by atoms with Crippen molar-refractivity contribution in [3.05, 3.63) is 70.8 Å². The Labute approximate surface area is 148 Å². The lowest BCUT2D eigenvalue weighted by Crippen LogP contribution is -2.43. The number of rotatable bonds is 6. The van der Waals surface area contributed by atoms with Crippen LogP contribution in [0.5, 0.6) is 0 Å². The number of aliphatic carboxylic acids is 1. The van der Waals surface area contributed by atoms with Crippen molar-refractivity contribution in [2.45, 2.75) is 32.0 Å². The van der Waals surface area contributed by atoms with Gasteiger partial charge >= 0.3 is 12.1 Å². The van der Waals surface area contributed by atoms with Gasteiger partial charge in [-0.05, 0) is 35.7 Å². The van der Waals surface area contributed by atoms with Gasteiger partial charge in [-0.2, -0.15) is 13.2 Å². The average Bonchev–Trinajstić information content (AvgIpc) is 2.55. The first-order chi connectivity index (χ1) is 12.2. The number of carboxylic acid groups (broad SMARTS) is 1. The first-order valence-corrected chi connectivity index (χ1v) is 7.89. The molecule has 0 fully saturated rings. The third kappa shape index (κ3) is 5.34. The molecule has 2 aromatic rings. The van der Waals surface area contributed by atoms with Gasteiger partial charge in [-0.25, -0.2) is 4.79 Å². The maximum Gasteiger partial charge on any atom is 0.416 e. The Morgan fingerprint density at radius 3 is 2.23 bits per heavy atom. The maximum absolute atomic E-state index is 12.5. The zero-order valence-electron chi connectivity index (χ0n) is 14.0. The van der Waals surface area contributed by atoms with Gasteiger partial charge in [-0.3, -0.25) is 4.79 Å². The minimum absolute atomic E-state index is 0.126. The molecule has 2 N–H and O–H groups in total. The second kappa shape index (κ2) is 8.03. The van der Waals surface area contributed by atoms with Crippen LogP contribution in [-0.4, -0.2) is 23.0 Å². The Kier molecular flexibility index (Phi) is 6.02. The molecule has 0 heterocycles. The number of carbonyl (C=O) groups excluding carboxylic acids is 1. The summed E-state index contributed by atoms with van der Waals surface area (Å²) in [5, 5.41) is 11.8. The van der Waals surface area contributed by atoms with Crippen molar-refractivity contribution in [1.29, 1.82) is 0 Å². The van der Waals surface area contributed by atoms with Gasteiger partial charge in [0.2, 0.25) is 5.91 Å². The highest BCUT2D eigenvalue weighted by Crippen LogP contribution is 2.29. The Morgan fingerprint density at radius 1 is 1.08 bits per heavy atom. The summed E-state index contributed by atoms with van der Waals surface area (Å²) in [7, 11) is 0. The highest BCUT2D eigenvalue weighted by molar-refractivity contribution is 5.85. The summed E-state index contributed by atoms with van der Waals surface area (Å²) in [5.74, 6) is -1.74. The molecule has 0 aliphatic heterocycles. The maximum atomic E-state index is 12.5. The Hall–Kier alpha value is -2.83. The van der Waals surface area contributed by atoms with Gasteiger partial charge in [-0.1, -0.05) is 36.4 Å². The topological polar surface area (TPSA) is 66.4 Å². The van der Waals surface area contributed by atoms with E-state index < -0.39 is 29.7 Å². The molecule has 4 nitrogen and oxygen atoms in total. The minimum atomic E-state index is -4.44. The van der Waals surface area contributed by atoms with Crippen LogP contribution in [-0.2, 0) is 28.6 Å². The van der Waals surface area contributed by atoms with Gasteiger partial charge in [-0.15, -0.1) is 0 Å². The molecule has 0 spiro atoms. The van der Waals surface area contributed by atoms with E-state index >= 15 is 0 Å². The van der Waals surface area contributed by atoms with Crippen molar-refractivity contribution in [1.82, 2.24) is 5.32 Å². The SMILES string of the molecule is Cc1ccccc1C[C@H](NC(=O)Cc1ccc(C(F)(F)F)cc1)C(=O)O. The van der Waals surface area contributed by atoms with E-state index in [9.17, 15) is 27.9 Å². The number of benzene rings is 2. The number of hydrogen-bond acceptors (Lipinski definition) is 2. The largest absolute Gasteiger partial charge is 0.480 e. The number of carboxylic acids is 1. The summed E-state index contributed by atoms with van der Waals surface area (Å²) in [5.41, 5.74) is 1.28. The molecule has 2 rings (SSSR count). The van der Waals surface area contributed by atoms with Gasteiger partial charge in [0, 0.05) is 6.42 Å². The normalized spacial score (nSPS) is 12.5. The van der Waals surface area contributed by atoms with Gasteiger partial charge in [0.15, 0.2) is 0 Å². The van der Waals surface area contributed by atoms with E-state index in [0.717, 1.165) is 23.3 Å². The number of hydrogen-bond donors (Lipinski definition) is 2. The smallest absolute Gasteiger partial charge is 0.416 e. The summed E-state index contributed by atoms with van der Waals surface area (Å²) in [6.07, 6.45) is -4.51. The molecule has 0 bridgehead atoms. The third-order valence-corrected chi connectivity index (χ3v) is 3.96. The van der Waals surface area contributed by atoms with Crippen molar-refractivity contribution in [3.8, 4) is 0 Å². The Morgan fingerprint density at radius 2 is 1.69 bits per heavy atom. The summed E-state index contributed by atoms with van der Waals surface area (Å²) in [6.45, 7) is 1.85. The van der Waals surface area contributed by atoms with Crippen LogP contribution in [0.3, 0.4) is 0 Å². The molecular formula is C19H18F3NO3. The van der Waals surface area contributed by atoms with Crippen molar-refractivity contribution >= 4 is 11.9 Å². The fraction of sp³-hybridized carbons (Fsp3) is 0.263. The average molecular weight is 365 g/mol. The van der Waals surface area contributed by atoms with E-state index in [0.29, 0.717) is 5.56 Å². The Balaban J connectivity index is 2.02. The summed E-state index contributed by atoms with van der Waals surface area (Å²) in [4.78, 5) is 23.5. The van der Waals surface area contributed by atoms with E-state index in [1.165, 1.54) is 12.1 Å². The highest BCUT2D eigenvalue weighted by atomic mass is 19.4. The Bertz CT molecular complexity index is 785. The molecular weight excluding hydrogens is 347 g/mol. The van der Waals surface area contributed by atoms with Gasteiger partial charge in [0.05, 0.1) is 12.0 Å². The first kappa shape index (κ1) is 19.5. The number of nitrogens with one attached hydrogen (secondary N) is 1. The molecule has 138 valence electrons. The van der Waals surface area contributed by atoms with Crippen molar-refractivity contribution in [2.75, 3.05) is 0 Å². The quantitative estimate of drug-likeness (QED) is 0.825. The van der Waals surface area contributed by atoms with E-state index in [1.807, 2.05) is 19.1 Å². The summed E-state index contributed by atoms with van der Waals surface area (Å²) < 4.78 is 37.6. The van der Waals surface area contributed by atoms with Crippen LogP contribution in [0.1, 0.15) is 22.3 Å². The molecule has 7 heteroatoms. The molecule has 1 amide bonds. The summed E-state index contributed by atoms with van der Waals surface area (Å²) in [6, 6.07) is 10.3. The fourth-order valence-corrected chi connectivity index (χ4v) is 2.50. The molecule has 0 aliphatic rings. The van der Waals surface area contributed by atoms with Gasteiger partial charge in [0.25, 0.3) is 0 Å². The lowest BCUT2D eigenvalue weighted by Gasteiger charge is -2.16. The van der Waals surface area contributed by atoms with E-state index in [-0.39, 0.29) is 12.8 Å². The zero-order valence-corrected chi connectivity index (χ0v) is 14.0. The molecule has 0 unspecified atom stereocenters. The highest BCUT2D eigenvalue weighted by Gasteiger charge is 2.30.